The molecule has 0 unspecified atom stereocenters. The zero-order valence-corrected chi connectivity index (χ0v) is 12.5. The number of rotatable bonds is 4. The number of nitrogens with one attached hydrogen (secondary N) is 3. The number of aromatic nitrogens is 1. The van der Waals surface area contributed by atoms with Crippen LogP contribution < -0.4 is 10.6 Å². The Kier molecular flexibility index (Phi) is 4.15. The minimum absolute atomic E-state index is 0.0518. The summed E-state index contributed by atoms with van der Waals surface area (Å²) in [7, 11) is 0. The van der Waals surface area contributed by atoms with Gasteiger partial charge in [-0.3, -0.25) is 0 Å². The molecule has 1 heterocycles. The maximum absolute atomic E-state index is 13.5. The second-order valence-electron chi connectivity index (χ2n) is 5.15. The summed E-state index contributed by atoms with van der Waals surface area (Å²) < 4.78 is 13.5. The van der Waals surface area contributed by atoms with E-state index >= 15 is 0 Å². The number of aromatic carboxylic acids is 1. The Morgan fingerprint density at radius 3 is 2.58 bits per heavy atom. The molecule has 0 aliphatic heterocycles. The number of carboxylic acid groups (broad SMARTS) is 1. The number of aromatic amines is 1. The largest absolute Gasteiger partial charge is 0.477 e. The average Bonchev–Trinajstić information content (AvgIpc) is 2.92. The highest BCUT2D eigenvalue weighted by Gasteiger charge is 2.18. The van der Waals surface area contributed by atoms with Crippen LogP contribution in [0.15, 0.2) is 48.5 Å². The Labute approximate surface area is 136 Å². The van der Waals surface area contributed by atoms with E-state index in [-0.39, 0.29) is 12.2 Å². The Morgan fingerprint density at radius 2 is 1.88 bits per heavy atom. The van der Waals surface area contributed by atoms with Crippen molar-refractivity contribution >= 4 is 28.6 Å². The number of carboxylic acids is 1. The van der Waals surface area contributed by atoms with Gasteiger partial charge in [-0.2, -0.15) is 0 Å². The van der Waals surface area contributed by atoms with E-state index in [0.29, 0.717) is 22.2 Å². The van der Waals surface area contributed by atoms with Gasteiger partial charge in [-0.25, -0.2) is 14.0 Å². The lowest BCUT2D eigenvalue weighted by molar-refractivity contribution is 0.0690. The van der Waals surface area contributed by atoms with Gasteiger partial charge in [0.1, 0.15) is 11.5 Å². The van der Waals surface area contributed by atoms with Crippen molar-refractivity contribution in [1.29, 1.82) is 0 Å². The van der Waals surface area contributed by atoms with Crippen LogP contribution in [-0.4, -0.2) is 22.1 Å². The van der Waals surface area contributed by atoms with Gasteiger partial charge in [0.05, 0.1) is 0 Å². The smallest absolute Gasteiger partial charge is 0.352 e. The monoisotopic (exact) mass is 327 g/mol. The third-order valence-corrected chi connectivity index (χ3v) is 3.54. The number of hydrogen-bond acceptors (Lipinski definition) is 2. The van der Waals surface area contributed by atoms with Crippen LogP contribution >= 0.6 is 0 Å². The van der Waals surface area contributed by atoms with E-state index in [2.05, 4.69) is 15.6 Å². The summed E-state index contributed by atoms with van der Waals surface area (Å²) in [4.78, 5) is 26.0. The fourth-order valence-corrected chi connectivity index (χ4v) is 2.45. The van der Waals surface area contributed by atoms with Crippen LogP contribution in [0.2, 0.25) is 0 Å². The predicted octanol–water partition coefficient (Wildman–Crippen LogP) is 3.33. The van der Waals surface area contributed by atoms with Gasteiger partial charge in [-0.05, 0) is 30.3 Å². The molecule has 2 amide bonds. The van der Waals surface area contributed by atoms with Crippen molar-refractivity contribution in [2.24, 2.45) is 0 Å². The minimum atomic E-state index is -1.17. The molecule has 0 atom stereocenters. The van der Waals surface area contributed by atoms with Gasteiger partial charge in [0.15, 0.2) is 0 Å². The van der Waals surface area contributed by atoms with Crippen molar-refractivity contribution < 1.29 is 19.1 Å². The fourth-order valence-electron chi connectivity index (χ4n) is 2.45. The number of halogens is 1. The third kappa shape index (κ3) is 3.19. The number of H-pyrrole nitrogens is 1. The predicted molar refractivity (Wildman–Crippen MR) is 87.5 cm³/mol. The first-order valence-corrected chi connectivity index (χ1v) is 7.18. The van der Waals surface area contributed by atoms with Crippen molar-refractivity contribution in [3.63, 3.8) is 0 Å². The molecule has 24 heavy (non-hydrogen) atoms. The van der Waals surface area contributed by atoms with Crippen LogP contribution in [0.3, 0.4) is 0 Å². The number of urea groups is 1. The number of amides is 2. The Bertz CT molecular complexity index is 906. The van der Waals surface area contributed by atoms with E-state index in [1.807, 2.05) is 6.07 Å². The molecule has 2 aromatic carbocycles. The van der Waals surface area contributed by atoms with Gasteiger partial charge in [0.25, 0.3) is 0 Å². The molecule has 0 radical (unpaired) electrons. The Balaban J connectivity index is 1.81. The molecule has 0 saturated carbocycles. The zero-order chi connectivity index (χ0) is 17.1. The van der Waals surface area contributed by atoms with Crippen molar-refractivity contribution in [2.75, 3.05) is 5.32 Å². The normalized spacial score (nSPS) is 10.5. The first-order chi connectivity index (χ1) is 11.5. The quantitative estimate of drug-likeness (QED) is 0.592. The van der Waals surface area contributed by atoms with E-state index in [1.54, 1.807) is 24.3 Å². The molecule has 0 spiro atoms. The lowest BCUT2D eigenvalue weighted by Crippen LogP contribution is -2.28. The molecular weight excluding hydrogens is 313 g/mol. The first kappa shape index (κ1) is 15.5. The van der Waals surface area contributed by atoms with E-state index in [9.17, 15) is 19.1 Å². The number of fused-ring (bicyclic) bond motifs is 1. The van der Waals surface area contributed by atoms with E-state index in [1.165, 1.54) is 18.2 Å². The highest BCUT2D eigenvalue weighted by molar-refractivity contribution is 5.98. The number of carbonyl (C=O) groups is 2. The van der Waals surface area contributed by atoms with Crippen LogP contribution in [-0.2, 0) is 6.54 Å². The van der Waals surface area contributed by atoms with Crippen LogP contribution in [0, 0.1) is 5.82 Å². The molecule has 0 aliphatic rings. The van der Waals surface area contributed by atoms with Crippen LogP contribution in [0.1, 0.15) is 16.1 Å². The van der Waals surface area contributed by atoms with Crippen molar-refractivity contribution in [3.05, 3.63) is 65.6 Å². The number of anilines is 1. The standard InChI is InChI=1S/C17H14FN3O3/c18-10-6-7-14-12(8-10)13(15(21-14)16(22)23)9-19-17(24)20-11-4-2-1-3-5-11/h1-8,21H,9H2,(H,22,23)(H2,19,20,24). The van der Waals surface area contributed by atoms with Gasteiger partial charge in [-0.1, -0.05) is 18.2 Å². The molecule has 0 aliphatic carbocycles. The maximum atomic E-state index is 13.5. The van der Waals surface area contributed by atoms with Crippen LogP contribution in [0.4, 0.5) is 14.9 Å². The summed E-state index contributed by atoms with van der Waals surface area (Å²) in [5.74, 6) is -1.65. The van der Waals surface area contributed by atoms with Crippen molar-refractivity contribution in [2.45, 2.75) is 6.54 Å². The average molecular weight is 327 g/mol. The second kappa shape index (κ2) is 6.41. The van der Waals surface area contributed by atoms with E-state index in [0.717, 1.165) is 0 Å². The minimum Gasteiger partial charge on any atom is -0.477 e. The summed E-state index contributed by atoms with van der Waals surface area (Å²) in [6, 6.07) is 12.3. The lowest BCUT2D eigenvalue weighted by atomic mass is 10.1. The van der Waals surface area contributed by atoms with Crippen molar-refractivity contribution in [3.8, 4) is 0 Å². The van der Waals surface area contributed by atoms with Gasteiger partial charge in [0, 0.05) is 28.7 Å². The summed E-state index contributed by atoms with van der Waals surface area (Å²) in [5.41, 5.74) is 1.35. The summed E-state index contributed by atoms with van der Waals surface area (Å²) in [6.45, 7) is -0.0518. The molecule has 122 valence electrons. The maximum Gasteiger partial charge on any atom is 0.352 e. The van der Waals surface area contributed by atoms with E-state index < -0.39 is 17.8 Å². The molecule has 0 fully saturated rings. The van der Waals surface area contributed by atoms with E-state index in [4.69, 9.17) is 0 Å². The number of carbonyl (C=O) groups excluding carboxylic acids is 1. The highest BCUT2D eigenvalue weighted by Crippen LogP contribution is 2.23. The summed E-state index contributed by atoms with van der Waals surface area (Å²) >= 11 is 0. The summed E-state index contributed by atoms with van der Waals surface area (Å²) in [6.07, 6.45) is 0. The number of hydrogen-bond donors (Lipinski definition) is 4. The SMILES string of the molecule is O=C(NCc1c(C(=O)O)[nH]c2ccc(F)cc12)Nc1ccccc1. The topological polar surface area (TPSA) is 94.2 Å². The Morgan fingerprint density at radius 1 is 1.12 bits per heavy atom. The fraction of sp³-hybridized carbons (Fsp3) is 0.0588. The molecule has 0 bridgehead atoms. The van der Waals surface area contributed by atoms with Crippen LogP contribution in [0.5, 0.6) is 0 Å². The first-order valence-electron chi connectivity index (χ1n) is 7.18. The molecule has 6 nitrogen and oxygen atoms in total. The summed E-state index contributed by atoms with van der Waals surface area (Å²) in [5, 5.41) is 14.9. The van der Waals surface area contributed by atoms with Gasteiger partial charge >= 0.3 is 12.0 Å². The highest BCUT2D eigenvalue weighted by atomic mass is 19.1. The van der Waals surface area contributed by atoms with Gasteiger partial charge in [-0.15, -0.1) is 0 Å². The second-order valence-corrected chi connectivity index (χ2v) is 5.15. The lowest BCUT2D eigenvalue weighted by Gasteiger charge is -2.08. The molecule has 0 saturated heterocycles. The number of para-hydroxylation sites is 1. The zero-order valence-electron chi connectivity index (χ0n) is 12.5. The Hall–Kier alpha value is -3.35. The number of benzene rings is 2. The van der Waals surface area contributed by atoms with Gasteiger partial charge in [0.2, 0.25) is 0 Å². The molecule has 1 aromatic heterocycles. The third-order valence-electron chi connectivity index (χ3n) is 3.54. The molecule has 7 heteroatoms. The molecule has 3 rings (SSSR count). The van der Waals surface area contributed by atoms with Crippen molar-refractivity contribution in [1.82, 2.24) is 10.3 Å². The van der Waals surface area contributed by atoms with Crippen LogP contribution in [0.25, 0.3) is 10.9 Å². The molecule has 4 N–H and O–H groups in total. The molecular formula is C17H14FN3O3. The van der Waals surface area contributed by atoms with Gasteiger partial charge < -0.3 is 20.7 Å². The molecule has 3 aromatic rings.